The number of aliphatic imine (C=N–C) groups is 1. The van der Waals surface area contributed by atoms with Gasteiger partial charge in [0.15, 0.2) is 15.7 Å². The number of benzene rings is 2. The molecule has 3 aromatic rings. The van der Waals surface area contributed by atoms with E-state index in [1.807, 2.05) is 31.5 Å². The number of para-hydroxylation sites is 1. The zero-order valence-electron chi connectivity index (χ0n) is 24.8. The molecule has 2 aliphatic heterocycles. The second-order valence-corrected chi connectivity index (χ2v) is 14.2. The molecule has 9 nitrogen and oxygen atoms in total. The molecule has 0 saturated carbocycles. The molecule has 10 heteroatoms. The van der Waals surface area contributed by atoms with E-state index < -0.39 is 21.1 Å². The van der Waals surface area contributed by atoms with Crippen LogP contribution in [-0.4, -0.2) is 61.2 Å². The molecule has 1 saturated heterocycles. The maximum atomic E-state index is 13.2. The van der Waals surface area contributed by atoms with Gasteiger partial charge in [-0.05, 0) is 95.9 Å². The minimum absolute atomic E-state index is 0.206. The Bertz CT molecular complexity index is 1540. The topological polar surface area (TPSA) is 114 Å². The molecule has 5 rings (SSSR count). The SMILES string of the molecule is CC(C)OC1(N)N=C(Nc2ccccc2S(=O)(=O)C(C)C)c2c(cc(-c3ccc(C4CCN(C)CC4)cc3)n2C)N1. The summed E-state index contributed by atoms with van der Waals surface area (Å²) in [4.78, 5) is 7.34. The quantitative estimate of drug-likeness (QED) is 0.340. The molecular formula is C31H42N6O3S. The van der Waals surface area contributed by atoms with Gasteiger partial charge in [-0.15, -0.1) is 0 Å². The first-order chi connectivity index (χ1) is 19.4. The van der Waals surface area contributed by atoms with Gasteiger partial charge in [0, 0.05) is 7.05 Å². The number of nitrogens with zero attached hydrogens (tertiary/aromatic N) is 3. The van der Waals surface area contributed by atoms with Crippen molar-refractivity contribution in [3.8, 4) is 11.3 Å². The van der Waals surface area contributed by atoms with Crippen LogP contribution in [0.15, 0.2) is 64.5 Å². The summed E-state index contributed by atoms with van der Waals surface area (Å²) in [5, 5.41) is 5.99. The molecular weight excluding hydrogens is 536 g/mol. The molecule has 0 aliphatic carbocycles. The number of fused-ring (bicyclic) bond motifs is 1. The van der Waals surface area contributed by atoms with Gasteiger partial charge < -0.3 is 24.8 Å². The van der Waals surface area contributed by atoms with Crippen molar-refractivity contribution in [1.82, 2.24) is 9.47 Å². The van der Waals surface area contributed by atoms with Crippen molar-refractivity contribution in [3.05, 3.63) is 65.9 Å². The lowest BCUT2D eigenvalue weighted by Crippen LogP contribution is -2.53. The molecule has 2 aromatic carbocycles. The summed E-state index contributed by atoms with van der Waals surface area (Å²) in [7, 11) is 0.602. The van der Waals surface area contributed by atoms with Gasteiger partial charge in [0.1, 0.15) is 5.69 Å². The Morgan fingerprint density at radius 3 is 2.34 bits per heavy atom. The van der Waals surface area contributed by atoms with Crippen molar-refractivity contribution in [2.75, 3.05) is 30.8 Å². The molecule has 4 N–H and O–H groups in total. The summed E-state index contributed by atoms with van der Waals surface area (Å²) in [5.74, 6) is -0.531. The molecule has 0 radical (unpaired) electrons. The van der Waals surface area contributed by atoms with E-state index in [0.29, 0.717) is 17.4 Å². The number of rotatable bonds is 7. The maximum Gasteiger partial charge on any atom is 0.299 e. The van der Waals surface area contributed by atoms with Gasteiger partial charge in [0.05, 0.1) is 33.3 Å². The number of sulfone groups is 1. The molecule has 1 aromatic heterocycles. The summed E-state index contributed by atoms with van der Waals surface area (Å²) >= 11 is 0. The molecule has 41 heavy (non-hydrogen) atoms. The fourth-order valence-corrected chi connectivity index (χ4v) is 6.87. The van der Waals surface area contributed by atoms with Gasteiger partial charge in [0.25, 0.3) is 5.97 Å². The predicted octanol–water partition coefficient (Wildman–Crippen LogP) is 4.96. The van der Waals surface area contributed by atoms with Crippen LogP contribution < -0.4 is 16.4 Å². The number of nitrogens with two attached hydrogens (primary N) is 1. The Balaban J connectivity index is 1.54. The molecule has 3 heterocycles. The highest BCUT2D eigenvalue weighted by atomic mass is 32.2. The zero-order valence-corrected chi connectivity index (χ0v) is 25.6. The average molecular weight is 579 g/mol. The number of hydrogen-bond donors (Lipinski definition) is 3. The minimum atomic E-state index is -3.55. The second-order valence-electron chi connectivity index (χ2n) is 11.7. The number of likely N-dealkylation sites (tertiary alicyclic amines) is 1. The first kappa shape index (κ1) is 29.3. The lowest BCUT2D eigenvalue weighted by molar-refractivity contribution is -0.0515. The Hall–Kier alpha value is -3.18. The second kappa shape index (κ2) is 11.2. The van der Waals surface area contributed by atoms with E-state index in [4.69, 9.17) is 15.5 Å². The average Bonchev–Trinajstić information content (AvgIpc) is 3.24. The smallest absolute Gasteiger partial charge is 0.299 e. The van der Waals surface area contributed by atoms with Crippen molar-refractivity contribution >= 4 is 27.0 Å². The molecule has 1 unspecified atom stereocenters. The molecule has 220 valence electrons. The predicted molar refractivity (Wildman–Crippen MR) is 166 cm³/mol. The van der Waals surface area contributed by atoms with Gasteiger partial charge >= 0.3 is 0 Å². The van der Waals surface area contributed by atoms with E-state index in [1.165, 1.54) is 18.4 Å². The van der Waals surface area contributed by atoms with E-state index in [9.17, 15) is 8.42 Å². The lowest BCUT2D eigenvalue weighted by atomic mass is 9.89. The number of nitrogens with one attached hydrogen (secondary N) is 2. The van der Waals surface area contributed by atoms with E-state index in [1.54, 1.807) is 38.1 Å². The van der Waals surface area contributed by atoms with Crippen LogP contribution in [-0.2, 0) is 21.6 Å². The molecule has 0 amide bonds. The highest BCUT2D eigenvalue weighted by molar-refractivity contribution is 7.92. The van der Waals surface area contributed by atoms with Crippen LogP contribution in [0.4, 0.5) is 11.4 Å². The van der Waals surface area contributed by atoms with Gasteiger partial charge in [-0.1, -0.05) is 36.4 Å². The summed E-state index contributed by atoms with van der Waals surface area (Å²) < 4.78 is 34.4. The number of hydrogen-bond acceptors (Lipinski definition) is 8. The molecule has 0 bridgehead atoms. The van der Waals surface area contributed by atoms with Gasteiger partial charge in [-0.2, -0.15) is 4.99 Å². The van der Waals surface area contributed by atoms with Gasteiger partial charge in [-0.3, -0.25) is 5.73 Å². The summed E-state index contributed by atoms with van der Waals surface area (Å²) in [6.45, 7) is 9.38. The molecule has 1 atom stereocenters. The van der Waals surface area contributed by atoms with Crippen LogP contribution in [0, 0.1) is 0 Å². The van der Waals surface area contributed by atoms with Crippen molar-refractivity contribution in [2.45, 2.75) is 68.7 Å². The van der Waals surface area contributed by atoms with E-state index >= 15 is 0 Å². The van der Waals surface area contributed by atoms with Gasteiger partial charge in [-0.25, -0.2) is 8.42 Å². The third-order valence-corrected chi connectivity index (χ3v) is 10.1. The number of aromatic nitrogens is 1. The van der Waals surface area contributed by atoms with Crippen molar-refractivity contribution < 1.29 is 13.2 Å². The Morgan fingerprint density at radius 2 is 1.71 bits per heavy atom. The summed E-state index contributed by atoms with van der Waals surface area (Å²) in [5.41, 5.74) is 12.0. The number of anilines is 2. The normalized spacial score (nSPS) is 20.2. The third-order valence-electron chi connectivity index (χ3n) is 7.93. The standard InChI is InChI=1S/C31H42N6O3S/c1-20(2)40-31(32)34-26-19-27(24-13-11-22(12-14-24)23-15-17-36(5)18-16-23)37(6)29(26)30(35-31)33-25-9-7-8-10-28(25)41(38,39)21(3)4/h7-14,19-21,23,34H,15-18,32H2,1-6H3,(H,33,35). The Morgan fingerprint density at radius 1 is 1.05 bits per heavy atom. The van der Waals surface area contributed by atoms with Crippen LogP contribution in [0.2, 0.25) is 0 Å². The lowest BCUT2D eigenvalue weighted by Gasteiger charge is -2.34. The summed E-state index contributed by atoms with van der Waals surface area (Å²) in [6, 6.07) is 17.7. The van der Waals surface area contributed by atoms with Crippen LogP contribution in [0.3, 0.4) is 0 Å². The number of amidine groups is 1. The monoisotopic (exact) mass is 578 g/mol. The fourth-order valence-electron chi connectivity index (χ4n) is 5.67. The van der Waals surface area contributed by atoms with Crippen molar-refractivity contribution in [3.63, 3.8) is 0 Å². The molecule has 0 spiro atoms. The first-order valence-corrected chi connectivity index (χ1v) is 15.9. The van der Waals surface area contributed by atoms with E-state index in [-0.39, 0.29) is 11.0 Å². The van der Waals surface area contributed by atoms with Crippen LogP contribution in [0.5, 0.6) is 0 Å². The molecule has 1 fully saturated rings. The molecule has 2 aliphatic rings. The number of ether oxygens (including phenoxy) is 1. The fraction of sp³-hybridized carbons (Fsp3) is 0.452. The van der Waals surface area contributed by atoms with Crippen LogP contribution in [0.25, 0.3) is 11.3 Å². The Kier molecular flexibility index (Phi) is 8.04. The van der Waals surface area contributed by atoms with E-state index in [2.05, 4.69) is 46.8 Å². The Labute approximate surface area is 243 Å². The van der Waals surface area contributed by atoms with E-state index in [0.717, 1.165) is 35.7 Å². The highest BCUT2D eigenvalue weighted by Crippen LogP contribution is 2.36. The summed E-state index contributed by atoms with van der Waals surface area (Å²) in [6.07, 6.45) is 2.14. The minimum Gasteiger partial charge on any atom is -0.339 e. The zero-order chi connectivity index (χ0) is 29.5. The largest absolute Gasteiger partial charge is 0.339 e. The first-order valence-electron chi connectivity index (χ1n) is 14.3. The number of piperidine rings is 1. The highest BCUT2D eigenvalue weighted by Gasteiger charge is 2.36. The third kappa shape index (κ3) is 5.92. The maximum absolute atomic E-state index is 13.2. The van der Waals surface area contributed by atoms with Crippen LogP contribution in [0.1, 0.15) is 57.7 Å². The van der Waals surface area contributed by atoms with Crippen molar-refractivity contribution in [2.24, 2.45) is 17.8 Å². The van der Waals surface area contributed by atoms with Gasteiger partial charge in [0.2, 0.25) is 0 Å². The van der Waals surface area contributed by atoms with Crippen molar-refractivity contribution in [1.29, 1.82) is 0 Å². The van der Waals surface area contributed by atoms with Crippen LogP contribution >= 0.6 is 0 Å².